The van der Waals surface area contributed by atoms with E-state index in [2.05, 4.69) is 5.16 Å². The van der Waals surface area contributed by atoms with Crippen LogP contribution >= 0.6 is 11.6 Å². The van der Waals surface area contributed by atoms with Gasteiger partial charge in [0.1, 0.15) is 12.4 Å². The third-order valence-corrected chi connectivity index (χ3v) is 2.56. The van der Waals surface area contributed by atoms with Crippen LogP contribution in [-0.4, -0.2) is 16.2 Å². The van der Waals surface area contributed by atoms with Crippen molar-refractivity contribution in [1.82, 2.24) is 5.16 Å². The molecule has 0 radical (unpaired) electrons. The van der Waals surface area contributed by atoms with Crippen LogP contribution in [0.1, 0.15) is 21.8 Å². The molecule has 0 saturated carbocycles. The van der Waals surface area contributed by atoms with Crippen LogP contribution in [0, 0.1) is 6.92 Å². The van der Waals surface area contributed by atoms with E-state index in [0.29, 0.717) is 11.5 Å². The molecule has 0 amide bonds. The molecule has 0 bridgehead atoms. The van der Waals surface area contributed by atoms with Gasteiger partial charge in [0.2, 0.25) is 0 Å². The lowest BCUT2D eigenvalue weighted by Crippen LogP contribution is -1.99. The van der Waals surface area contributed by atoms with Gasteiger partial charge < -0.3 is 14.4 Å². The van der Waals surface area contributed by atoms with E-state index in [-0.39, 0.29) is 17.2 Å². The van der Waals surface area contributed by atoms with Crippen LogP contribution in [0.25, 0.3) is 0 Å². The first-order valence-electron chi connectivity index (χ1n) is 5.14. The van der Waals surface area contributed by atoms with E-state index < -0.39 is 5.97 Å². The molecule has 18 heavy (non-hydrogen) atoms. The normalized spacial score (nSPS) is 10.3. The van der Waals surface area contributed by atoms with Crippen molar-refractivity contribution in [2.24, 2.45) is 0 Å². The molecule has 2 aromatic rings. The standard InChI is InChI=1S/C12H10ClNO4/c1-7-4-9(18-14-7)6-17-8-2-3-11(13)10(5-8)12(15)16/h2-5H,6H2,1H3,(H,15,16). The highest BCUT2D eigenvalue weighted by molar-refractivity contribution is 6.33. The number of aromatic nitrogens is 1. The van der Waals surface area contributed by atoms with Crippen LogP contribution in [0.2, 0.25) is 5.02 Å². The van der Waals surface area contributed by atoms with Crippen LogP contribution in [0.3, 0.4) is 0 Å². The first-order valence-corrected chi connectivity index (χ1v) is 5.52. The Morgan fingerprint density at radius 3 is 2.89 bits per heavy atom. The average molecular weight is 268 g/mol. The smallest absolute Gasteiger partial charge is 0.337 e. The molecule has 1 aromatic heterocycles. The molecule has 0 spiro atoms. The molecule has 0 aliphatic rings. The van der Waals surface area contributed by atoms with Crippen LogP contribution < -0.4 is 4.74 Å². The molecule has 0 aliphatic heterocycles. The Labute approximate surface area is 108 Å². The summed E-state index contributed by atoms with van der Waals surface area (Å²) in [5.74, 6) is -0.119. The zero-order chi connectivity index (χ0) is 13.1. The van der Waals surface area contributed by atoms with Gasteiger partial charge in [-0.3, -0.25) is 0 Å². The Morgan fingerprint density at radius 2 is 2.28 bits per heavy atom. The number of benzene rings is 1. The number of carboxylic acids is 1. The monoisotopic (exact) mass is 267 g/mol. The number of hydrogen-bond acceptors (Lipinski definition) is 4. The van der Waals surface area contributed by atoms with Gasteiger partial charge in [0.05, 0.1) is 16.3 Å². The maximum Gasteiger partial charge on any atom is 0.337 e. The maximum absolute atomic E-state index is 10.9. The Hall–Kier alpha value is -2.01. The van der Waals surface area contributed by atoms with Crippen LogP contribution in [0.15, 0.2) is 28.8 Å². The van der Waals surface area contributed by atoms with Gasteiger partial charge in [-0.1, -0.05) is 16.8 Å². The van der Waals surface area contributed by atoms with E-state index in [4.69, 9.17) is 26.0 Å². The Bertz CT molecular complexity index is 579. The molecular formula is C12H10ClNO4. The van der Waals surface area contributed by atoms with Crippen molar-refractivity contribution in [2.45, 2.75) is 13.5 Å². The van der Waals surface area contributed by atoms with E-state index in [1.807, 2.05) is 0 Å². The number of ether oxygens (including phenoxy) is 1. The van der Waals surface area contributed by atoms with Gasteiger partial charge in [-0.15, -0.1) is 0 Å². The van der Waals surface area contributed by atoms with Gasteiger partial charge in [-0.25, -0.2) is 4.79 Å². The molecule has 94 valence electrons. The Kier molecular flexibility index (Phi) is 3.53. The minimum absolute atomic E-state index is 0.00270. The number of carbonyl (C=O) groups is 1. The van der Waals surface area contributed by atoms with Gasteiger partial charge >= 0.3 is 5.97 Å². The largest absolute Gasteiger partial charge is 0.486 e. The third kappa shape index (κ3) is 2.81. The minimum Gasteiger partial charge on any atom is -0.486 e. The number of rotatable bonds is 4. The molecule has 1 heterocycles. The average Bonchev–Trinajstić information content (AvgIpc) is 2.74. The number of halogens is 1. The van der Waals surface area contributed by atoms with Crippen molar-refractivity contribution < 1.29 is 19.2 Å². The molecule has 2 rings (SSSR count). The van der Waals surface area contributed by atoms with Crippen LogP contribution in [-0.2, 0) is 6.61 Å². The number of aryl methyl sites for hydroxylation is 1. The fourth-order valence-electron chi connectivity index (χ4n) is 1.40. The second-order valence-electron chi connectivity index (χ2n) is 3.67. The second kappa shape index (κ2) is 5.10. The van der Waals surface area contributed by atoms with Gasteiger partial charge in [-0.2, -0.15) is 0 Å². The summed E-state index contributed by atoms with van der Waals surface area (Å²) in [7, 11) is 0. The molecule has 0 atom stereocenters. The van der Waals surface area contributed by atoms with Gasteiger partial charge in [0, 0.05) is 6.07 Å². The lowest BCUT2D eigenvalue weighted by molar-refractivity contribution is 0.0696. The molecular weight excluding hydrogens is 258 g/mol. The number of aromatic carboxylic acids is 1. The highest BCUT2D eigenvalue weighted by atomic mass is 35.5. The van der Waals surface area contributed by atoms with Gasteiger partial charge in [0.25, 0.3) is 0 Å². The van der Waals surface area contributed by atoms with E-state index in [9.17, 15) is 4.79 Å². The zero-order valence-corrected chi connectivity index (χ0v) is 10.3. The summed E-state index contributed by atoms with van der Waals surface area (Å²) in [6, 6.07) is 6.19. The molecule has 0 saturated heterocycles. The first kappa shape index (κ1) is 12.4. The van der Waals surface area contributed by atoms with Crippen LogP contribution in [0.4, 0.5) is 0 Å². The van der Waals surface area contributed by atoms with Crippen molar-refractivity contribution in [2.75, 3.05) is 0 Å². The highest BCUT2D eigenvalue weighted by Crippen LogP contribution is 2.22. The fraction of sp³-hybridized carbons (Fsp3) is 0.167. The molecule has 6 heteroatoms. The zero-order valence-electron chi connectivity index (χ0n) is 9.51. The predicted molar refractivity (Wildman–Crippen MR) is 64.0 cm³/mol. The molecule has 1 aromatic carbocycles. The topological polar surface area (TPSA) is 72.6 Å². The summed E-state index contributed by atoms with van der Waals surface area (Å²) < 4.78 is 10.4. The van der Waals surface area contributed by atoms with E-state index in [0.717, 1.165) is 5.69 Å². The molecule has 1 N–H and O–H groups in total. The maximum atomic E-state index is 10.9. The van der Waals surface area contributed by atoms with Crippen molar-refractivity contribution in [3.8, 4) is 5.75 Å². The van der Waals surface area contributed by atoms with E-state index >= 15 is 0 Å². The fourth-order valence-corrected chi connectivity index (χ4v) is 1.60. The van der Waals surface area contributed by atoms with Gasteiger partial charge in [0.15, 0.2) is 5.76 Å². The lowest BCUT2D eigenvalue weighted by Gasteiger charge is -2.05. The Balaban J connectivity index is 2.10. The lowest BCUT2D eigenvalue weighted by atomic mass is 10.2. The summed E-state index contributed by atoms with van der Waals surface area (Å²) in [5.41, 5.74) is 0.763. The van der Waals surface area contributed by atoms with E-state index in [1.54, 1.807) is 19.1 Å². The SMILES string of the molecule is Cc1cc(COc2ccc(Cl)c(C(=O)O)c2)on1. The number of hydrogen-bond donors (Lipinski definition) is 1. The summed E-state index contributed by atoms with van der Waals surface area (Å²) in [6.45, 7) is 1.99. The predicted octanol–water partition coefficient (Wildman–Crippen LogP) is 2.91. The molecule has 0 fully saturated rings. The van der Waals surface area contributed by atoms with Crippen molar-refractivity contribution in [3.63, 3.8) is 0 Å². The second-order valence-corrected chi connectivity index (χ2v) is 4.08. The molecule has 0 unspecified atom stereocenters. The van der Waals surface area contributed by atoms with E-state index in [1.165, 1.54) is 12.1 Å². The molecule has 0 aliphatic carbocycles. The van der Waals surface area contributed by atoms with Crippen molar-refractivity contribution >= 4 is 17.6 Å². The van der Waals surface area contributed by atoms with Crippen molar-refractivity contribution in [1.29, 1.82) is 0 Å². The third-order valence-electron chi connectivity index (χ3n) is 2.23. The number of nitrogens with zero attached hydrogens (tertiary/aromatic N) is 1. The first-order chi connectivity index (χ1) is 8.56. The summed E-state index contributed by atoms with van der Waals surface area (Å²) >= 11 is 5.75. The Morgan fingerprint density at radius 1 is 1.50 bits per heavy atom. The quantitative estimate of drug-likeness (QED) is 0.922. The summed E-state index contributed by atoms with van der Waals surface area (Å²) in [5, 5.41) is 12.8. The summed E-state index contributed by atoms with van der Waals surface area (Å²) in [6.07, 6.45) is 0. The van der Waals surface area contributed by atoms with Gasteiger partial charge in [-0.05, 0) is 25.1 Å². The van der Waals surface area contributed by atoms with Crippen molar-refractivity contribution in [3.05, 3.63) is 46.3 Å². The minimum atomic E-state index is -1.10. The summed E-state index contributed by atoms with van der Waals surface area (Å²) in [4.78, 5) is 10.9. The van der Waals surface area contributed by atoms with Crippen LogP contribution in [0.5, 0.6) is 5.75 Å². The molecule has 5 nitrogen and oxygen atoms in total. The number of carboxylic acid groups (broad SMARTS) is 1. The highest BCUT2D eigenvalue weighted by Gasteiger charge is 2.10.